The highest BCUT2D eigenvalue weighted by molar-refractivity contribution is 5.85. The molecule has 0 aliphatic heterocycles. The molecule has 1 N–H and O–H groups in total. The first kappa shape index (κ1) is 14.2. The summed E-state index contributed by atoms with van der Waals surface area (Å²) in [6.07, 6.45) is 0. The quantitative estimate of drug-likeness (QED) is 0.786. The lowest BCUT2D eigenvalue weighted by molar-refractivity contribution is 0.0689. The summed E-state index contributed by atoms with van der Waals surface area (Å²) in [6.45, 7) is 6.44. The second kappa shape index (κ2) is 4.91. The first-order chi connectivity index (χ1) is 10.4. The van der Waals surface area contributed by atoms with Gasteiger partial charge in [0, 0.05) is 5.56 Å². The first-order valence-corrected chi connectivity index (χ1v) is 6.93. The van der Waals surface area contributed by atoms with E-state index in [9.17, 15) is 4.79 Å². The number of rotatable bonds is 2. The van der Waals surface area contributed by atoms with Crippen LogP contribution in [0.25, 0.3) is 17.0 Å². The minimum atomic E-state index is -1.08. The van der Waals surface area contributed by atoms with Crippen molar-refractivity contribution in [1.82, 2.24) is 19.8 Å². The van der Waals surface area contributed by atoms with Gasteiger partial charge in [-0.3, -0.25) is 0 Å². The SMILES string of the molecule is CC(C)(C)c1ccc(-c2nnc3ccc(C(=O)O)nn23)cc1. The molecule has 0 spiro atoms. The Morgan fingerprint density at radius 1 is 1.05 bits per heavy atom. The van der Waals surface area contributed by atoms with Gasteiger partial charge in [0.05, 0.1) is 0 Å². The van der Waals surface area contributed by atoms with E-state index in [2.05, 4.69) is 36.1 Å². The summed E-state index contributed by atoms with van der Waals surface area (Å²) in [5.74, 6) is -0.553. The molecule has 0 fully saturated rings. The van der Waals surface area contributed by atoms with Crippen molar-refractivity contribution in [3.05, 3.63) is 47.7 Å². The van der Waals surface area contributed by atoms with Crippen LogP contribution in [0, 0.1) is 0 Å². The van der Waals surface area contributed by atoms with Gasteiger partial charge in [-0.2, -0.15) is 9.61 Å². The number of aromatic nitrogens is 4. The monoisotopic (exact) mass is 296 g/mol. The molecule has 112 valence electrons. The minimum Gasteiger partial charge on any atom is -0.476 e. The number of aromatic carboxylic acids is 1. The summed E-state index contributed by atoms with van der Waals surface area (Å²) in [7, 11) is 0. The number of hydrogen-bond acceptors (Lipinski definition) is 4. The van der Waals surface area contributed by atoms with Gasteiger partial charge >= 0.3 is 5.97 Å². The molecule has 22 heavy (non-hydrogen) atoms. The minimum absolute atomic E-state index is 0.0418. The fraction of sp³-hybridized carbons (Fsp3) is 0.250. The van der Waals surface area contributed by atoms with Gasteiger partial charge in [0.1, 0.15) is 0 Å². The Morgan fingerprint density at radius 2 is 1.73 bits per heavy atom. The van der Waals surface area contributed by atoms with Crippen LogP contribution in [0.15, 0.2) is 36.4 Å². The third-order valence-electron chi connectivity index (χ3n) is 3.49. The molecule has 6 nitrogen and oxygen atoms in total. The number of hydrogen-bond donors (Lipinski definition) is 1. The Bertz CT molecular complexity index is 845. The Balaban J connectivity index is 2.10. The van der Waals surface area contributed by atoms with Crippen LogP contribution >= 0.6 is 0 Å². The average Bonchev–Trinajstić information content (AvgIpc) is 2.89. The molecule has 0 aliphatic rings. The lowest BCUT2D eigenvalue weighted by atomic mass is 9.87. The highest BCUT2D eigenvalue weighted by Crippen LogP contribution is 2.25. The first-order valence-electron chi connectivity index (χ1n) is 6.93. The molecular weight excluding hydrogens is 280 g/mol. The second-order valence-electron chi connectivity index (χ2n) is 6.14. The Hall–Kier alpha value is -2.76. The Morgan fingerprint density at radius 3 is 2.32 bits per heavy atom. The van der Waals surface area contributed by atoms with Crippen LogP contribution in [0.5, 0.6) is 0 Å². The van der Waals surface area contributed by atoms with Crippen molar-refractivity contribution in [3.63, 3.8) is 0 Å². The lowest BCUT2D eigenvalue weighted by Gasteiger charge is -2.18. The highest BCUT2D eigenvalue weighted by atomic mass is 16.4. The molecule has 0 aliphatic carbocycles. The van der Waals surface area contributed by atoms with Gasteiger partial charge in [-0.1, -0.05) is 45.0 Å². The second-order valence-corrected chi connectivity index (χ2v) is 6.14. The number of carboxylic acid groups (broad SMARTS) is 1. The maximum atomic E-state index is 11.1. The van der Waals surface area contributed by atoms with E-state index in [1.807, 2.05) is 24.3 Å². The number of carboxylic acids is 1. The van der Waals surface area contributed by atoms with Gasteiger partial charge in [0.15, 0.2) is 17.2 Å². The van der Waals surface area contributed by atoms with Gasteiger partial charge in [-0.15, -0.1) is 10.2 Å². The highest BCUT2D eigenvalue weighted by Gasteiger charge is 2.16. The van der Waals surface area contributed by atoms with Crippen LogP contribution in [0.4, 0.5) is 0 Å². The predicted molar refractivity (Wildman–Crippen MR) is 81.9 cm³/mol. The summed E-state index contributed by atoms with van der Waals surface area (Å²) in [6, 6.07) is 11.0. The van der Waals surface area contributed by atoms with E-state index in [-0.39, 0.29) is 11.1 Å². The van der Waals surface area contributed by atoms with E-state index < -0.39 is 5.97 Å². The molecule has 6 heteroatoms. The van der Waals surface area contributed by atoms with Crippen molar-refractivity contribution in [2.45, 2.75) is 26.2 Å². The molecule has 0 unspecified atom stereocenters. The maximum absolute atomic E-state index is 11.1. The summed E-state index contributed by atoms with van der Waals surface area (Å²) in [5.41, 5.74) is 2.60. The molecule has 0 amide bonds. The Labute approximate surface area is 127 Å². The molecule has 3 aromatic rings. The summed E-state index contributed by atoms with van der Waals surface area (Å²) in [4.78, 5) is 11.1. The molecule has 2 heterocycles. The van der Waals surface area contributed by atoms with Crippen LogP contribution in [0.1, 0.15) is 36.8 Å². The molecule has 1 aromatic carbocycles. The largest absolute Gasteiger partial charge is 0.476 e. The van der Waals surface area contributed by atoms with E-state index >= 15 is 0 Å². The van der Waals surface area contributed by atoms with Gasteiger partial charge in [-0.25, -0.2) is 4.79 Å². The third-order valence-corrected chi connectivity index (χ3v) is 3.49. The van der Waals surface area contributed by atoms with Crippen LogP contribution in [0.3, 0.4) is 0 Å². The number of nitrogens with zero attached hydrogens (tertiary/aromatic N) is 4. The van der Waals surface area contributed by atoms with E-state index in [1.54, 1.807) is 6.07 Å². The van der Waals surface area contributed by atoms with Crippen molar-refractivity contribution in [2.24, 2.45) is 0 Å². The van der Waals surface area contributed by atoms with Crippen LogP contribution in [-0.4, -0.2) is 30.9 Å². The van der Waals surface area contributed by atoms with E-state index in [1.165, 1.54) is 16.1 Å². The number of carbonyl (C=O) groups is 1. The fourth-order valence-electron chi connectivity index (χ4n) is 2.20. The lowest BCUT2D eigenvalue weighted by Crippen LogP contribution is -2.10. The maximum Gasteiger partial charge on any atom is 0.356 e. The van der Waals surface area contributed by atoms with Crippen molar-refractivity contribution >= 4 is 11.6 Å². The zero-order chi connectivity index (χ0) is 15.9. The van der Waals surface area contributed by atoms with Crippen LogP contribution < -0.4 is 0 Å². The van der Waals surface area contributed by atoms with Gasteiger partial charge in [0.25, 0.3) is 0 Å². The summed E-state index contributed by atoms with van der Waals surface area (Å²) >= 11 is 0. The summed E-state index contributed by atoms with van der Waals surface area (Å²) < 4.78 is 1.45. The zero-order valence-corrected chi connectivity index (χ0v) is 12.6. The third kappa shape index (κ3) is 2.43. The molecule has 0 saturated heterocycles. The van der Waals surface area contributed by atoms with Gasteiger partial charge < -0.3 is 5.11 Å². The Kier molecular flexibility index (Phi) is 3.16. The van der Waals surface area contributed by atoms with E-state index in [4.69, 9.17) is 5.11 Å². The number of benzene rings is 1. The molecular formula is C16H16N4O2. The van der Waals surface area contributed by atoms with Crippen molar-refractivity contribution in [2.75, 3.05) is 0 Å². The molecule has 0 radical (unpaired) electrons. The van der Waals surface area contributed by atoms with E-state index in [0.29, 0.717) is 11.5 Å². The average molecular weight is 296 g/mol. The van der Waals surface area contributed by atoms with Crippen LogP contribution in [0.2, 0.25) is 0 Å². The van der Waals surface area contributed by atoms with Crippen molar-refractivity contribution in [3.8, 4) is 11.4 Å². The van der Waals surface area contributed by atoms with Crippen LogP contribution in [-0.2, 0) is 5.41 Å². The molecule has 0 atom stereocenters. The molecule has 2 aromatic heterocycles. The summed E-state index contributed by atoms with van der Waals surface area (Å²) in [5, 5.41) is 21.3. The van der Waals surface area contributed by atoms with Gasteiger partial charge in [0.2, 0.25) is 0 Å². The number of fused-ring (bicyclic) bond motifs is 1. The molecule has 3 rings (SSSR count). The fourth-order valence-corrected chi connectivity index (χ4v) is 2.20. The molecule has 0 saturated carbocycles. The molecule has 0 bridgehead atoms. The zero-order valence-electron chi connectivity index (χ0n) is 12.6. The van der Waals surface area contributed by atoms with E-state index in [0.717, 1.165) is 5.56 Å². The smallest absolute Gasteiger partial charge is 0.356 e. The standard InChI is InChI=1S/C16H16N4O2/c1-16(2,3)11-6-4-10(5-7-11)14-18-17-13-9-8-12(15(21)22)19-20(13)14/h4-9H,1-3H3,(H,21,22). The van der Waals surface area contributed by atoms with Crippen molar-refractivity contribution in [1.29, 1.82) is 0 Å². The topological polar surface area (TPSA) is 80.4 Å². The van der Waals surface area contributed by atoms with Gasteiger partial charge in [-0.05, 0) is 23.1 Å². The normalized spacial score (nSPS) is 11.8. The predicted octanol–water partition coefficient (Wildman–Crippen LogP) is 2.79. The van der Waals surface area contributed by atoms with Crippen molar-refractivity contribution < 1.29 is 9.90 Å².